The predicted molar refractivity (Wildman–Crippen MR) is 97.9 cm³/mol. The van der Waals surface area contributed by atoms with Crippen molar-refractivity contribution in [1.29, 1.82) is 0 Å². The van der Waals surface area contributed by atoms with Gasteiger partial charge in [0.1, 0.15) is 0 Å². The first-order valence-corrected chi connectivity index (χ1v) is 8.16. The van der Waals surface area contributed by atoms with Crippen LogP contribution in [-0.4, -0.2) is 28.1 Å². The molecule has 126 valence electrons. The highest BCUT2D eigenvalue weighted by Gasteiger charge is 2.27. The smallest absolute Gasteiger partial charge is 0.164 e. The lowest BCUT2D eigenvalue weighted by Gasteiger charge is -2.32. The maximum atomic E-state index is 12.8. The molecular formula is C21H25NO2. The molecule has 0 radical (unpaired) electrons. The average Bonchev–Trinajstić information content (AvgIpc) is 2.58. The van der Waals surface area contributed by atoms with Crippen LogP contribution in [0.5, 0.6) is 0 Å². The fraction of sp³-hybridized carbons (Fsp3) is 0.286. The number of nitrogens with zero attached hydrogens (tertiary/aromatic N) is 1. The minimum absolute atomic E-state index is 0.0200. The number of carbonyl (C=O) groups excluding carboxylic acids is 1. The van der Waals surface area contributed by atoms with E-state index in [1.54, 1.807) is 6.08 Å². The van der Waals surface area contributed by atoms with Gasteiger partial charge in [-0.15, -0.1) is 0 Å². The van der Waals surface area contributed by atoms with Crippen LogP contribution in [0, 0.1) is 0 Å². The summed E-state index contributed by atoms with van der Waals surface area (Å²) in [6.45, 7) is 6.00. The lowest BCUT2D eigenvalue weighted by Crippen LogP contribution is -2.42. The highest BCUT2D eigenvalue weighted by atomic mass is 16.5. The van der Waals surface area contributed by atoms with Crippen molar-refractivity contribution in [1.82, 2.24) is 5.06 Å². The topological polar surface area (TPSA) is 40.5 Å². The summed E-state index contributed by atoms with van der Waals surface area (Å²) in [7, 11) is 0. The zero-order valence-electron chi connectivity index (χ0n) is 14.5. The van der Waals surface area contributed by atoms with Crippen LogP contribution in [-0.2, 0) is 4.79 Å². The van der Waals surface area contributed by atoms with Crippen molar-refractivity contribution >= 4 is 11.9 Å². The van der Waals surface area contributed by atoms with Crippen LogP contribution in [0.1, 0.15) is 37.8 Å². The number of hydrogen-bond donors (Lipinski definition) is 1. The summed E-state index contributed by atoms with van der Waals surface area (Å²) in [5.41, 5.74) is 1.47. The maximum absolute atomic E-state index is 12.8. The van der Waals surface area contributed by atoms with Gasteiger partial charge in [0.2, 0.25) is 0 Å². The Balaban J connectivity index is 2.22. The van der Waals surface area contributed by atoms with Gasteiger partial charge in [0, 0.05) is 12.1 Å². The Labute approximate surface area is 144 Å². The molecule has 1 N–H and O–H groups in total. The van der Waals surface area contributed by atoms with E-state index in [2.05, 4.69) is 0 Å². The minimum Gasteiger partial charge on any atom is -0.313 e. The second-order valence-corrected chi connectivity index (χ2v) is 6.86. The van der Waals surface area contributed by atoms with Gasteiger partial charge in [-0.25, -0.2) is 0 Å². The van der Waals surface area contributed by atoms with Gasteiger partial charge in [0.05, 0.1) is 5.92 Å². The number of allylic oxidation sites excluding steroid dienone is 1. The Hall–Kier alpha value is -2.23. The lowest BCUT2D eigenvalue weighted by atomic mass is 9.92. The molecule has 0 amide bonds. The highest BCUT2D eigenvalue weighted by Crippen LogP contribution is 2.22. The van der Waals surface area contributed by atoms with E-state index in [4.69, 9.17) is 0 Å². The van der Waals surface area contributed by atoms with E-state index in [-0.39, 0.29) is 12.3 Å². The third kappa shape index (κ3) is 5.15. The maximum Gasteiger partial charge on any atom is 0.164 e. The Kier molecular flexibility index (Phi) is 6.07. The highest BCUT2D eigenvalue weighted by molar-refractivity contribution is 5.98. The van der Waals surface area contributed by atoms with Crippen LogP contribution in [0.2, 0.25) is 0 Å². The molecule has 1 atom stereocenters. The lowest BCUT2D eigenvalue weighted by molar-refractivity contribution is -0.161. The van der Waals surface area contributed by atoms with E-state index in [0.29, 0.717) is 0 Å². The van der Waals surface area contributed by atoms with Gasteiger partial charge in [0.25, 0.3) is 0 Å². The molecule has 0 saturated carbocycles. The van der Waals surface area contributed by atoms with Crippen LogP contribution >= 0.6 is 0 Å². The van der Waals surface area contributed by atoms with E-state index in [1.165, 1.54) is 5.06 Å². The molecule has 1 unspecified atom stereocenters. The van der Waals surface area contributed by atoms with Crippen molar-refractivity contribution in [3.8, 4) is 0 Å². The first kappa shape index (κ1) is 18.1. The van der Waals surface area contributed by atoms with Gasteiger partial charge >= 0.3 is 0 Å². The molecule has 0 aliphatic carbocycles. The second kappa shape index (κ2) is 8.04. The molecule has 0 bridgehead atoms. The molecular weight excluding hydrogens is 298 g/mol. The molecule has 0 spiro atoms. The SMILES string of the molecule is CC(C)(C)N(O)CC(C(=O)/C=C/c1ccccc1)c1ccccc1. The molecule has 24 heavy (non-hydrogen) atoms. The molecule has 2 aromatic rings. The van der Waals surface area contributed by atoms with Crippen LogP contribution < -0.4 is 0 Å². The number of ketones is 1. The molecule has 0 aliphatic heterocycles. The molecule has 0 aliphatic rings. The molecule has 0 heterocycles. The summed E-state index contributed by atoms with van der Waals surface area (Å²) in [5, 5.41) is 11.5. The third-order valence-electron chi connectivity index (χ3n) is 3.91. The summed E-state index contributed by atoms with van der Waals surface area (Å²) >= 11 is 0. The van der Waals surface area contributed by atoms with Gasteiger partial charge in [-0.05, 0) is 38.0 Å². The zero-order valence-corrected chi connectivity index (χ0v) is 14.5. The van der Waals surface area contributed by atoms with E-state index in [1.807, 2.05) is 87.5 Å². The van der Waals surface area contributed by atoms with Gasteiger partial charge in [0.15, 0.2) is 5.78 Å². The molecule has 2 rings (SSSR count). The van der Waals surface area contributed by atoms with Gasteiger partial charge in [-0.1, -0.05) is 66.7 Å². The van der Waals surface area contributed by atoms with E-state index >= 15 is 0 Å². The van der Waals surface area contributed by atoms with E-state index in [9.17, 15) is 10.0 Å². The number of rotatable bonds is 6. The van der Waals surface area contributed by atoms with Crippen LogP contribution in [0.25, 0.3) is 6.08 Å². The predicted octanol–water partition coefficient (Wildman–Crippen LogP) is 4.54. The standard InChI is InChI=1S/C21H25NO2/c1-21(2,3)22(24)16-19(18-12-8-5-9-13-18)20(23)15-14-17-10-6-4-7-11-17/h4-15,19,24H,16H2,1-3H3/b15-14+. The summed E-state index contributed by atoms with van der Waals surface area (Å²) < 4.78 is 0. The van der Waals surface area contributed by atoms with Gasteiger partial charge in [-0.2, -0.15) is 5.06 Å². The molecule has 0 aromatic heterocycles. The second-order valence-electron chi connectivity index (χ2n) is 6.86. The summed E-state index contributed by atoms with van der Waals surface area (Å²) in [5.74, 6) is -0.427. The molecule has 3 heteroatoms. The van der Waals surface area contributed by atoms with Crippen molar-refractivity contribution in [2.24, 2.45) is 0 Å². The van der Waals surface area contributed by atoms with E-state index < -0.39 is 11.5 Å². The Morgan fingerprint density at radius 3 is 2.12 bits per heavy atom. The number of benzene rings is 2. The first-order chi connectivity index (χ1) is 11.4. The van der Waals surface area contributed by atoms with Crippen molar-refractivity contribution in [3.05, 3.63) is 77.9 Å². The van der Waals surface area contributed by atoms with Crippen LogP contribution in [0.3, 0.4) is 0 Å². The average molecular weight is 323 g/mol. The molecule has 0 fully saturated rings. The summed E-state index contributed by atoms with van der Waals surface area (Å²) in [6, 6.07) is 19.3. The summed E-state index contributed by atoms with van der Waals surface area (Å²) in [4.78, 5) is 12.8. The fourth-order valence-electron chi connectivity index (χ4n) is 2.35. The third-order valence-corrected chi connectivity index (χ3v) is 3.91. The fourth-order valence-corrected chi connectivity index (χ4v) is 2.35. The number of hydrogen-bond acceptors (Lipinski definition) is 3. The van der Waals surface area contributed by atoms with Gasteiger partial charge in [-0.3, -0.25) is 4.79 Å². The van der Waals surface area contributed by atoms with Crippen molar-refractivity contribution < 1.29 is 10.0 Å². The van der Waals surface area contributed by atoms with Crippen LogP contribution in [0.15, 0.2) is 66.7 Å². The van der Waals surface area contributed by atoms with Crippen LogP contribution in [0.4, 0.5) is 0 Å². The normalized spacial score (nSPS) is 13.4. The molecule has 0 saturated heterocycles. The number of hydroxylamine groups is 2. The molecule has 3 nitrogen and oxygen atoms in total. The summed E-state index contributed by atoms with van der Waals surface area (Å²) in [6.07, 6.45) is 3.42. The Bertz CT molecular complexity index is 672. The minimum atomic E-state index is -0.420. The first-order valence-electron chi connectivity index (χ1n) is 8.16. The van der Waals surface area contributed by atoms with Crippen molar-refractivity contribution in [2.75, 3.05) is 6.54 Å². The quantitative estimate of drug-likeness (QED) is 0.626. The monoisotopic (exact) mass is 323 g/mol. The zero-order chi connectivity index (χ0) is 17.6. The van der Waals surface area contributed by atoms with Crippen molar-refractivity contribution in [2.45, 2.75) is 32.2 Å². The van der Waals surface area contributed by atoms with Crippen molar-refractivity contribution in [3.63, 3.8) is 0 Å². The van der Waals surface area contributed by atoms with E-state index in [0.717, 1.165) is 11.1 Å². The molecule has 2 aromatic carbocycles. The van der Waals surface area contributed by atoms with Gasteiger partial charge < -0.3 is 5.21 Å². The Morgan fingerprint density at radius 1 is 1.04 bits per heavy atom. The largest absolute Gasteiger partial charge is 0.313 e. The Morgan fingerprint density at radius 2 is 1.58 bits per heavy atom. The number of carbonyl (C=O) groups is 1.